The van der Waals surface area contributed by atoms with E-state index in [1.807, 2.05) is 0 Å². The highest BCUT2D eigenvalue weighted by molar-refractivity contribution is 5.95. The normalized spacial score (nSPS) is 10.2. The van der Waals surface area contributed by atoms with Crippen LogP contribution >= 0.6 is 12.4 Å². The highest BCUT2D eigenvalue weighted by Crippen LogP contribution is 2.30. The van der Waals surface area contributed by atoms with Crippen LogP contribution in [0.4, 0.5) is 30.4 Å². The third kappa shape index (κ3) is 4.17. The fourth-order valence-electron chi connectivity index (χ4n) is 2.61. The molecule has 0 radical (unpaired) electrons. The number of nitrogen functional groups attached to an aromatic ring is 1. The minimum Gasteiger partial charge on any atom is -0.478 e. The summed E-state index contributed by atoms with van der Waals surface area (Å²) in [7, 11) is 0. The van der Waals surface area contributed by atoms with Gasteiger partial charge in [-0.1, -0.05) is 18.2 Å². The molecule has 1 aromatic heterocycles. The maximum atomic E-state index is 14.6. The van der Waals surface area contributed by atoms with E-state index in [1.54, 1.807) is 30.3 Å². The SMILES string of the molecule is Cl.Nc1nccc(Cc2cc(C(=O)O)c(Nc3ccccc3)c(F)c2F)c1F. The summed E-state index contributed by atoms with van der Waals surface area (Å²) in [4.78, 5) is 15.1. The molecule has 0 saturated carbocycles. The first-order valence-electron chi connectivity index (χ1n) is 7.83. The molecule has 5 nitrogen and oxygen atoms in total. The number of halogens is 4. The Bertz CT molecular complexity index is 1020. The van der Waals surface area contributed by atoms with Crippen LogP contribution in [0.1, 0.15) is 21.5 Å². The smallest absolute Gasteiger partial charge is 0.337 e. The summed E-state index contributed by atoms with van der Waals surface area (Å²) in [6.07, 6.45) is 0.846. The molecule has 3 rings (SSSR count). The van der Waals surface area contributed by atoms with Crippen molar-refractivity contribution in [2.75, 3.05) is 11.1 Å². The second-order valence-corrected chi connectivity index (χ2v) is 5.73. The Labute approximate surface area is 164 Å². The van der Waals surface area contributed by atoms with Gasteiger partial charge in [0, 0.05) is 18.3 Å². The maximum Gasteiger partial charge on any atom is 0.337 e. The van der Waals surface area contributed by atoms with E-state index in [9.17, 15) is 23.1 Å². The standard InChI is InChI=1S/C19H14F3N3O2.ClH/c20-14-11(8-10-6-7-24-18(23)15(10)21)9-13(19(26)27)17(16(14)22)25-12-4-2-1-3-5-12;/h1-7,9,25H,8H2,(H2,23,24)(H,26,27);1H. The summed E-state index contributed by atoms with van der Waals surface area (Å²) in [5.74, 6) is -5.33. The number of nitrogens with one attached hydrogen (secondary N) is 1. The van der Waals surface area contributed by atoms with Crippen LogP contribution in [0.3, 0.4) is 0 Å². The van der Waals surface area contributed by atoms with Crippen LogP contribution in [0.5, 0.6) is 0 Å². The van der Waals surface area contributed by atoms with Gasteiger partial charge in [-0.2, -0.15) is 0 Å². The number of aromatic nitrogens is 1. The van der Waals surface area contributed by atoms with Crippen molar-refractivity contribution in [3.63, 3.8) is 0 Å². The number of carboxylic acids is 1. The van der Waals surface area contributed by atoms with Gasteiger partial charge in [0.1, 0.15) is 0 Å². The Balaban J connectivity index is 0.00000280. The average molecular weight is 410 g/mol. The molecule has 28 heavy (non-hydrogen) atoms. The molecule has 1 heterocycles. The lowest BCUT2D eigenvalue weighted by atomic mass is 10.00. The Morgan fingerprint density at radius 3 is 2.36 bits per heavy atom. The minimum absolute atomic E-state index is 0. The summed E-state index contributed by atoms with van der Waals surface area (Å²) in [5.41, 5.74) is 4.44. The first kappa shape index (κ1) is 21.0. The van der Waals surface area contributed by atoms with Crippen molar-refractivity contribution < 1.29 is 23.1 Å². The number of anilines is 3. The molecule has 0 saturated heterocycles. The van der Waals surface area contributed by atoms with Crippen LogP contribution in [-0.2, 0) is 6.42 Å². The van der Waals surface area contributed by atoms with Gasteiger partial charge < -0.3 is 16.2 Å². The lowest BCUT2D eigenvalue weighted by molar-refractivity contribution is 0.0697. The van der Waals surface area contributed by atoms with Gasteiger partial charge in [-0.3, -0.25) is 0 Å². The number of carbonyl (C=O) groups is 1. The second-order valence-electron chi connectivity index (χ2n) is 5.73. The molecule has 0 aliphatic heterocycles. The van der Waals surface area contributed by atoms with Crippen molar-refractivity contribution >= 4 is 35.6 Å². The molecular formula is C19H15ClF3N3O2. The van der Waals surface area contributed by atoms with Gasteiger partial charge in [-0.15, -0.1) is 12.4 Å². The molecule has 0 bridgehead atoms. The number of pyridine rings is 1. The fraction of sp³-hybridized carbons (Fsp3) is 0.0526. The summed E-state index contributed by atoms with van der Waals surface area (Å²) in [5, 5.41) is 12.0. The zero-order valence-electron chi connectivity index (χ0n) is 14.2. The van der Waals surface area contributed by atoms with Crippen molar-refractivity contribution in [2.45, 2.75) is 6.42 Å². The topological polar surface area (TPSA) is 88.2 Å². The largest absolute Gasteiger partial charge is 0.478 e. The Hall–Kier alpha value is -3.26. The first-order chi connectivity index (χ1) is 12.9. The second kappa shape index (κ2) is 8.62. The van der Waals surface area contributed by atoms with Crippen molar-refractivity contribution in [1.29, 1.82) is 0 Å². The summed E-state index contributed by atoms with van der Waals surface area (Å²) in [6, 6.07) is 10.4. The van der Waals surface area contributed by atoms with Crippen LogP contribution in [0.15, 0.2) is 48.7 Å². The molecule has 3 aromatic rings. The first-order valence-corrected chi connectivity index (χ1v) is 7.83. The van der Waals surface area contributed by atoms with Crippen LogP contribution in [-0.4, -0.2) is 16.1 Å². The maximum absolute atomic E-state index is 14.6. The van der Waals surface area contributed by atoms with E-state index in [-0.39, 0.29) is 35.8 Å². The minimum atomic E-state index is -1.46. The molecule has 9 heteroatoms. The molecular weight excluding hydrogens is 395 g/mol. The van der Waals surface area contributed by atoms with Gasteiger partial charge >= 0.3 is 5.97 Å². The predicted molar refractivity (Wildman–Crippen MR) is 102 cm³/mol. The number of carboxylic acid groups (broad SMARTS) is 1. The predicted octanol–water partition coefficient (Wildman–Crippen LogP) is 4.54. The zero-order valence-corrected chi connectivity index (χ0v) is 15.1. The molecule has 0 atom stereocenters. The van der Waals surface area contributed by atoms with Crippen molar-refractivity contribution in [1.82, 2.24) is 4.98 Å². The number of hydrogen-bond acceptors (Lipinski definition) is 4. The summed E-state index contributed by atoms with van der Waals surface area (Å²) in [6.45, 7) is 0. The van der Waals surface area contributed by atoms with Gasteiger partial charge in [0.2, 0.25) is 0 Å². The average Bonchev–Trinajstić information content (AvgIpc) is 2.65. The molecule has 2 aromatic carbocycles. The van der Waals surface area contributed by atoms with Gasteiger partial charge in [-0.05, 0) is 35.4 Å². The van der Waals surface area contributed by atoms with Crippen LogP contribution in [0.2, 0.25) is 0 Å². The highest BCUT2D eigenvalue weighted by Gasteiger charge is 2.23. The lowest BCUT2D eigenvalue weighted by Crippen LogP contribution is -2.10. The molecule has 0 unspecified atom stereocenters. The number of para-hydroxylation sites is 1. The molecule has 0 amide bonds. The van der Waals surface area contributed by atoms with Gasteiger partial charge in [0.25, 0.3) is 0 Å². The number of benzene rings is 2. The lowest BCUT2D eigenvalue weighted by Gasteiger charge is -2.14. The van der Waals surface area contributed by atoms with Crippen LogP contribution in [0.25, 0.3) is 0 Å². The number of aromatic carboxylic acids is 1. The van der Waals surface area contributed by atoms with Crippen molar-refractivity contribution in [3.8, 4) is 0 Å². The van der Waals surface area contributed by atoms with Crippen LogP contribution in [0, 0.1) is 17.5 Å². The Kier molecular flexibility index (Phi) is 6.48. The zero-order chi connectivity index (χ0) is 19.6. The number of hydrogen-bond donors (Lipinski definition) is 3. The van der Waals surface area contributed by atoms with E-state index >= 15 is 0 Å². The quantitative estimate of drug-likeness (QED) is 0.576. The number of nitrogens with zero attached hydrogens (tertiary/aromatic N) is 1. The molecule has 146 valence electrons. The number of rotatable bonds is 5. The summed E-state index contributed by atoms with van der Waals surface area (Å²) < 4.78 is 43.2. The molecule has 0 spiro atoms. The van der Waals surface area contributed by atoms with E-state index in [2.05, 4.69) is 10.3 Å². The van der Waals surface area contributed by atoms with E-state index in [0.29, 0.717) is 5.69 Å². The molecule has 0 aliphatic carbocycles. The van der Waals surface area contributed by atoms with E-state index in [1.165, 1.54) is 12.3 Å². The third-order valence-electron chi connectivity index (χ3n) is 3.93. The van der Waals surface area contributed by atoms with E-state index in [4.69, 9.17) is 5.73 Å². The van der Waals surface area contributed by atoms with Gasteiger partial charge in [0.05, 0.1) is 11.3 Å². The van der Waals surface area contributed by atoms with E-state index in [0.717, 1.165) is 6.07 Å². The molecule has 0 aliphatic rings. The monoisotopic (exact) mass is 409 g/mol. The fourth-order valence-corrected chi connectivity index (χ4v) is 2.61. The Morgan fingerprint density at radius 1 is 1.04 bits per heavy atom. The van der Waals surface area contributed by atoms with Gasteiger partial charge in [-0.25, -0.2) is 22.9 Å². The third-order valence-corrected chi connectivity index (χ3v) is 3.93. The van der Waals surface area contributed by atoms with Gasteiger partial charge in [0.15, 0.2) is 23.3 Å². The highest BCUT2D eigenvalue weighted by atomic mass is 35.5. The summed E-state index contributed by atoms with van der Waals surface area (Å²) >= 11 is 0. The molecule has 0 fully saturated rings. The Morgan fingerprint density at radius 2 is 1.71 bits per heavy atom. The number of nitrogens with two attached hydrogens (primary N) is 1. The van der Waals surface area contributed by atoms with Crippen molar-refractivity contribution in [2.24, 2.45) is 0 Å². The van der Waals surface area contributed by atoms with Crippen LogP contribution < -0.4 is 11.1 Å². The van der Waals surface area contributed by atoms with Crippen molar-refractivity contribution in [3.05, 3.63) is 82.8 Å². The molecule has 4 N–H and O–H groups in total. The van der Waals surface area contributed by atoms with E-state index < -0.39 is 34.7 Å².